The Labute approximate surface area is 218 Å². The molecule has 3 aromatic rings. The zero-order valence-corrected chi connectivity index (χ0v) is 21.9. The average molecular weight is 542 g/mol. The first kappa shape index (κ1) is 26.7. The highest BCUT2D eigenvalue weighted by atomic mass is 35.5. The number of aromatic nitrogens is 1. The summed E-state index contributed by atoms with van der Waals surface area (Å²) in [6.45, 7) is 3.84. The number of fused-ring (bicyclic) bond motifs is 1. The molecule has 1 fully saturated rings. The van der Waals surface area contributed by atoms with Gasteiger partial charge < -0.3 is 14.0 Å². The summed E-state index contributed by atoms with van der Waals surface area (Å²) < 4.78 is 53.1. The van der Waals surface area contributed by atoms with Gasteiger partial charge in [-0.25, -0.2) is 0 Å². The SMILES string of the molecule is CCOC(=O)C1CCC(Oc2ccc(Cl)c(Cc3cc4c(C)cc(C(F)(F)F)cc4n3C)c2Cl)CC1. The first-order valence-electron chi connectivity index (χ1n) is 12.0. The van der Waals surface area contributed by atoms with Crippen LogP contribution in [0.2, 0.25) is 10.0 Å². The molecule has 194 valence electrons. The summed E-state index contributed by atoms with van der Waals surface area (Å²) in [5.41, 5.74) is 1.80. The summed E-state index contributed by atoms with van der Waals surface area (Å²) in [6.07, 6.45) is -1.37. The normalized spacial score (nSPS) is 18.4. The van der Waals surface area contributed by atoms with Gasteiger partial charge in [0.25, 0.3) is 0 Å². The third kappa shape index (κ3) is 5.47. The molecule has 1 aliphatic rings. The molecule has 9 heteroatoms. The molecular weight excluding hydrogens is 514 g/mol. The summed E-state index contributed by atoms with van der Waals surface area (Å²) in [4.78, 5) is 12.0. The predicted molar refractivity (Wildman–Crippen MR) is 135 cm³/mol. The van der Waals surface area contributed by atoms with Crippen molar-refractivity contribution in [2.45, 2.75) is 58.2 Å². The van der Waals surface area contributed by atoms with Gasteiger partial charge in [-0.15, -0.1) is 0 Å². The van der Waals surface area contributed by atoms with Crippen LogP contribution in [0.5, 0.6) is 5.75 Å². The van der Waals surface area contributed by atoms with Gasteiger partial charge >= 0.3 is 12.1 Å². The van der Waals surface area contributed by atoms with Crippen LogP contribution in [0.1, 0.15) is 55.0 Å². The fraction of sp³-hybridized carbons (Fsp3) is 0.444. The number of nitrogens with zero attached hydrogens (tertiary/aromatic N) is 1. The Bertz CT molecular complexity index is 1280. The molecule has 0 bridgehead atoms. The fourth-order valence-corrected chi connectivity index (χ4v) is 5.41. The van der Waals surface area contributed by atoms with Gasteiger partial charge in [0.2, 0.25) is 0 Å². The third-order valence-electron chi connectivity index (χ3n) is 6.89. The van der Waals surface area contributed by atoms with Gasteiger partial charge in [-0.2, -0.15) is 13.2 Å². The van der Waals surface area contributed by atoms with Crippen LogP contribution in [-0.4, -0.2) is 23.2 Å². The van der Waals surface area contributed by atoms with E-state index in [1.807, 2.05) is 6.07 Å². The molecular formula is C27H28Cl2F3NO3. The van der Waals surface area contributed by atoms with Gasteiger partial charge in [0, 0.05) is 35.1 Å². The van der Waals surface area contributed by atoms with Crippen molar-refractivity contribution in [2.75, 3.05) is 6.61 Å². The van der Waals surface area contributed by atoms with Crippen LogP contribution in [0.25, 0.3) is 10.9 Å². The molecule has 4 rings (SSSR count). The topological polar surface area (TPSA) is 40.5 Å². The number of hydrogen-bond donors (Lipinski definition) is 0. The molecule has 36 heavy (non-hydrogen) atoms. The van der Waals surface area contributed by atoms with Crippen LogP contribution >= 0.6 is 23.2 Å². The molecule has 0 N–H and O–H groups in total. The standard InChI is InChI=1S/C27H28Cl2F3NO3/c1-4-35-26(34)16-5-7-19(8-6-16)36-24-10-9-22(28)21(25(24)29)14-18-13-20-15(2)11-17(27(30,31)32)12-23(20)33(18)3/h9-13,16,19H,4-8,14H2,1-3H3. The number of esters is 1. The summed E-state index contributed by atoms with van der Waals surface area (Å²) in [7, 11) is 1.74. The first-order chi connectivity index (χ1) is 17.0. The predicted octanol–water partition coefficient (Wildman–Crippen LogP) is 7.90. The average Bonchev–Trinajstić information content (AvgIpc) is 3.14. The minimum absolute atomic E-state index is 0.0803. The number of aryl methyl sites for hydroxylation is 2. The lowest BCUT2D eigenvalue weighted by molar-refractivity contribution is -0.149. The van der Waals surface area contributed by atoms with E-state index >= 15 is 0 Å². The van der Waals surface area contributed by atoms with Crippen LogP contribution in [0.15, 0.2) is 30.3 Å². The van der Waals surface area contributed by atoms with E-state index < -0.39 is 11.7 Å². The maximum Gasteiger partial charge on any atom is 0.416 e. The Morgan fingerprint density at radius 1 is 1.11 bits per heavy atom. The van der Waals surface area contributed by atoms with E-state index in [1.165, 1.54) is 6.07 Å². The van der Waals surface area contributed by atoms with E-state index in [4.69, 9.17) is 32.7 Å². The number of halogens is 5. The molecule has 0 radical (unpaired) electrons. The zero-order valence-electron chi connectivity index (χ0n) is 20.3. The van der Waals surface area contributed by atoms with Gasteiger partial charge in [-0.05, 0) is 81.0 Å². The van der Waals surface area contributed by atoms with Crippen LogP contribution < -0.4 is 4.74 Å². The highest BCUT2D eigenvalue weighted by molar-refractivity contribution is 6.37. The lowest BCUT2D eigenvalue weighted by Crippen LogP contribution is -2.29. The third-order valence-corrected chi connectivity index (χ3v) is 7.66. The molecule has 1 aliphatic carbocycles. The molecule has 1 heterocycles. The molecule has 0 saturated heterocycles. The summed E-state index contributed by atoms with van der Waals surface area (Å²) in [5.74, 6) is 0.245. The largest absolute Gasteiger partial charge is 0.489 e. The Morgan fingerprint density at radius 2 is 1.81 bits per heavy atom. The van der Waals surface area contributed by atoms with Crippen LogP contribution in [0.4, 0.5) is 13.2 Å². The zero-order chi connectivity index (χ0) is 26.2. The Morgan fingerprint density at radius 3 is 2.44 bits per heavy atom. The first-order valence-corrected chi connectivity index (χ1v) is 12.7. The summed E-state index contributed by atoms with van der Waals surface area (Å²) >= 11 is 13.2. The highest BCUT2D eigenvalue weighted by Crippen LogP contribution is 2.39. The van der Waals surface area contributed by atoms with Gasteiger partial charge in [-0.3, -0.25) is 4.79 Å². The number of rotatable bonds is 6. The summed E-state index contributed by atoms with van der Waals surface area (Å²) in [5, 5.41) is 1.59. The minimum atomic E-state index is -4.42. The van der Waals surface area contributed by atoms with Crippen molar-refractivity contribution < 1.29 is 27.4 Å². The van der Waals surface area contributed by atoms with Gasteiger partial charge in [0.1, 0.15) is 5.75 Å². The lowest BCUT2D eigenvalue weighted by atomic mass is 9.87. The number of benzene rings is 2. The van der Waals surface area contributed by atoms with Crippen molar-refractivity contribution in [1.29, 1.82) is 0 Å². The van der Waals surface area contributed by atoms with Crippen molar-refractivity contribution in [3.63, 3.8) is 0 Å². The molecule has 0 spiro atoms. The monoisotopic (exact) mass is 541 g/mol. The van der Waals surface area contributed by atoms with Gasteiger partial charge in [0.05, 0.1) is 29.2 Å². The summed E-state index contributed by atoms with van der Waals surface area (Å²) in [6, 6.07) is 7.66. The molecule has 2 aromatic carbocycles. The number of hydrogen-bond acceptors (Lipinski definition) is 3. The van der Waals surface area contributed by atoms with Crippen LogP contribution in [0, 0.1) is 12.8 Å². The van der Waals surface area contributed by atoms with Crippen molar-refractivity contribution in [1.82, 2.24) is 4.57 Å². The number of ether oxygens (including phenoxy) is 2. The lowest BCUT2D eigenvalue weighted by Gasteiger charge is -2.28. The van der Waals surface area contributed by atoms with Crippen molar-refractivity contribution >= 4 is 40.1 Å². The second-order valence-electron chi connectivity index (χ2n) is 9.28. The van der Waals surface area contributed by atoms with Crippen molar-refractivity contribution in [3.05, 3.63) is 62.8 Å². The smallest absolute Gasteiger partial charge is 0.416 e. The van der Waals surface area contributed by atoms with E-state index in [9.17, 15) is 18.0 Å². The van der Waals surface area contributed by atoms with Gasteiger partial charge in [-0.1, -0.05) is 23.2 Å². The Hall–Kier alpha value is -2.38. The molecule has 4 nitrogen and oxygen atoms in total. The van der Waals surface area contributed by atoms with Gasteiger partial charge in [0.15, 0.2) is 0 Å². The number of carbonyl (C=O) groups is 1. The van der Waals surface area contributed by atoms with Crippen LogP contribution in [0.3, 0.4) is 0 Å². The Kier molecular flexibility index (Phi) is 7.81. The maximum absolute atomic E-state index is 13.3. The van der Waals surface area contributed by atoms with E-state index in [-0.39, 0.29) is 18.0 Å². The second kappa shape index (κ2) is 10.5. The van der Waals surface area contributed by atoms with Crippen LogP contribution in [-0.2, 0) is 29.2 Å². The molecule has 1 saturated carbocycles. The number of carbonyl (C=O) groups excluding carboxylic acids is 1. The molecule has 1 aromatic heterocycles. The quantitative estimate of drug-likeness (QED) is 0.297. The van der Waals surface area contributed by atoms with Crippen molar-refractivity contribution in [3.8, 4) is 5.75 Å². The molecule has 0 aliphatic heterocycles. The van der Waals surface area contributed by atoms with E-state index in [0.29, 0.717) is 71.1 Å². The van der Waals surface area contributed by atoms with E-state index in [1.54, 1.807) is 37.6 Å². The highest BCUT2D eigenvalue weighted by Gasteiger charge is 2.32. The van der Waals surface area contributed by atoms with E-state index in [2.05, 4.69) is 0 Å². The minimum Gasteiger partial charge on any atom is -0.489 e. The van der Waals surface area contributed by atoms with E-state index in [0.717, 1.165) is 17.1 Å². The maximum atomic E-state index is 13.3. The molecule has 0 unspecified atom stereocenters. The second-order valence-corrected chi connectivity index (χ2v) is 10.1. The molecule has 0 amide bonds. The molecule has 0 atom stereocenters. The van der Waals surface area contributed by atoms with Crippen molar-refractivity contribution in [2.24, 2.45) is 13.0 Å². The Balaban J connectivity index is 1.56. The number of alkyl halides is 3. The fourth-order valence-electron chi connectivity index (χ4n) is 4.86.